The standard InChI is InChI=1S/C67H122O6/c1-4-7-10-13-16-18-20-22-24-26-27-28-29-30-31-32-33-34-35-36-37-38-39-40-41-42-44-45-47-49-51-54-57-60-66(69)72-63-64(62-71-65(68)59-56-53-15-12-9-6-3)73-67(70)61-58-55-52-50-48-46-43-25-23-21-19-17-14-11-8-5-2/h20,22,25-27,29-30,43,64H,4-19,21,23-24,28,31-42,44-63H2,1-3H3/b22-20-,27-26-,30-29-,43-25-. The zero-order valence-corrected chi connectivity index (χ0v) is 48.9. The topological polar surface area (TPSA) is 78.9 Å². The first-order valence-electron chi connectivity index (χ1n) is 32.1. The predicted molar refractivity (Wildman–Crippen MR) is 316 cm³/mol. The van der Waals surface area contributed by atoms with Gasteiger partial charge in [-0.1, -0.05) is 288 Å². The lowest BCUT2D eigenvalue weighted by Crippen LogP contribution is -2.30. The molecule has 0 aromatic heterocycles. The van der Waals surface area contributed by atoms with E-state index in [0.717, 1.165) is 77.0 Å². The first-order valence-corrected chi connectivity index (χ1v) is 32.1. The minimum Gasteiger partial charge on any atom is -0.462 e. The molecule has 1 atom stereocenters. The van der Waals surface area contributed by atoms with Gasteiger partial charge in [0.2, 0.25) is 0 Å². The van der Waals surface area contributed by atoms with Crippen LogP contribution in [0.5, 0.6) is 0 Å². The molecule has 0 radical (unpaired) electrons. The summed E-state index contributed by atoms with van der Waals surface area (Å²) in [5.74, 6) is -0.874. The van der Waals surface area contributed by atoms with Crippen LogP contribution in [0.3, 0.4) is 0 Å². The molecule has 1 unspecified atom stereocenters. The van der Waals surface area contributed by atoms with Gasteiger partial charge >= 0.3 is 17.9 Å². The van der Waals surface area contributed by atoms with Gasteiger partial charge in [-0.3, -0.25) is 14.4 Å². The number of esters is 3. The largest absolute Gasteiger partial charge is 0.462 e. The molecule has 6 heteroatoms. The molecule has 0 aliphatic heterocycles. The Morgan fingerprint density at radius 3 is 0.781 bits per heavy atom. The number of unbranched alkanes of at least 4 members (excludes halogenated alkanes) is 40. The second-order valence-electron chi connectivity index (χ2n) is 21.7. The van der Waals surface area contributed by atoms with Crippen LogP contribution in [-0.4, -0.2) is 37.2 Å². The fourth-order valence-electron chi connectivity index (χ4n) is 9.45. The lowest BCUT2D eigenvalue weighted by atomic mass is 10.0. The van der Waals surface area contributed by atoms with E-state index in [0.29, 0.717) is 19.3 Å². The van der Waals surface area contributed by atoms with Crippen molar-refractivity contribution in [2.75, 3.05) is 13.2 Å². The molecule has 0 heterocycles. The number of ether oxygens (including phenoxy) is 3. The van der Waals surface area contributed by atoms with Crippen LogP contribution in [0, 0.1) is 0 Å². The number of hydrogen-bond donors (Lipinski definition) is 0. The average molecular weight is 1020 g/mol. The molecular weight excluding hydrogens is 901 g/mol. The van der Waals surface area contributed by atoms with Gasteiger partial charge in [0.05, 0.1) is 0 Å². The van der Waals surface area contributed by atoms with Crippen LogP contribution in [0.4, 0.5) is 0 Å². The Morgan fingerprint density at radius 1 is 0.274 bits per heavy atom. The molecule has 426 valence electrons. The van der Waals surface area contributed by atoms with Crippen molar-refractivity contribution < 1.29 is 28.6 Å². The van der Waals surface area contributed by atoms with Gasteiger partial charge in [-0.05, 0) is 83.5 Å². The van der Waals surface area contributed by atoms with Gasteiger partial charge in [0.25, 0.3) is 0 Å². The first-order chi connectivity index (χ1) is 36.0. The summed E-state index contributed by atoms with van der Waals surface area (Å²) in [6.07, 6.45) is 77.4. The monoisotopic (exact) mass is 1020 g/mol. The molecule has 0 saturated heterocycles. The maximum absolute atomic E-state index is 12.8. The summed E-state index contributed by atoms with van der Waals surface area (Å²) in [4.78, 5) is 37.9. The van der Waals surface area contributed by atoms with E-state index in [9.17, 15) is 14.4 Å². The minimum atomic E-state index is -0.771. The third kappa shape index (κ3) is 60.1. The molecule has 0 N–H and O–H groups in total. The summed E-state index contributed by atoms with van der Waals surface area (Å²) in [6.45, 7) is 6.60. The number of rotatable bonds is 59. The van der Waals surface area contributed by atoms with Crippen LogP contribution in [0.15, 0.2) is 48.6 Å². The van der Waals surface area contributed by atoms with Crippen molar-refractivity contribution in [3.05, 3.63) is 48.6 Å². The molecule has 0 aromatic carbocycles. The van der Waals surface area contributed by atoms with Crippen molar-refractivity contribution >= 4 is 17.9 Å². The third-order valence-electron chi connectivity index (χ3n) is 14.3. The van der Waals surface area contributed by atoms with Crippen LogP contribution in [0.1, 0.15) is 342 Å². The first kappa shape index (κ1) is 70.4. The number of allylic oxidation sites excluding steroid dienone is 8. The minimum absolute atomic E-state index is 0.0725. The molecule has 0 fully saturated rings. The van der Waals surface area contributed by atoms with Gasteiger partial charge in [-0.15, -0.1) is 0 Å². The van der Waals surface area contributed by atoms with E-state index >= 15 is 0 Å². The Hall–Kier alpha value is -2.63. The molecule has 0 amide bonds. The second-order valence-corrected chi connectivity index (χ2v) is 21.7. The number of carbonyl (C=O) groups excluding carboxylic acids is 3. The zero-order valence-electron chi connectivity index (χ0n) is 48.9. The summed E-state index contributed by atoms with van der Waals surface area (Å²) in [5.41, 5.74) is 0. The highest BCUT2D eigenvalue weighted by Crippen LogP contribution is 2.17. The summed E-state index contributed by atoms with van der Waals surface area (Å²) in [6, 6.07) is 0. The summed E-state index contributed by atoms with van der Waals surface area (Å²) in [7, 11) is 0. The highest BCUT2D eigenvalue weighted by molar-refractivity contribution is 5.71. The van der Waals surface area contributed by atoms with Crippen molar-refractivity contribution in [2.24, 2.45) is 0 Å². The van der Waals surface area contributed by atoms with E-state index < -0.39 is 6.10 Å². The van der Waals surface area contributed by atoms with Gasteiger partial charge in [0, 0.05) is 19.3 Å². The van der Waals surface area contributed by atoms with Crippen LogP contribution in [-0.2, 0) is 28.6 Å². The Bertz CT molecular complexity index is 1270. The van der Waals surface area contributed by atoms with Gasteiger partial charge < -0.3 is 14.2 Å². The third-order valence-corrected chi connectivity index (χ3v) is 14.3. The number of carbonyl (C=O) groups is 3. The molecule has 0 spiro atoms. The van der Waals surface area contributed by atoms with Gasteiger partial charge in [-0.25, -0.2) is 0 Å². The number of hydrogen-bond acceptors (Lipinski definition) is 6. The summed E-state index contributed by atoms with van der Waals surface area (Å²) < 4.78 is 16.8. The van der Waals surface area contributed by atoms with Gasteiger partial charge in [0.1, 0.15) is 13.2 Å². The Morgan fingerprint density at radius 2 is 0.493 bits per heavy atom. The fourth-order valence-corrected chi connectivity index (χ4v) is 9.45. The average Bonchev–Trinajstić information content (AvgIpc) is 3.39. The quantitative estimate of drug-likeness (QED) is 0.0261. The second kappa shape index (κ2) is 61.9. The highest BCUT2D eigenvalue weighted by atomic mass is 16.6. The predicted octanol–water partition coefficient (Wildman–Crippen LogP) is 21.8. The van der Waals surface area contributed by atoms with E-state index in [2.05, 4.69) is 69.4 Å². The normalized spacial score (nSPS) is 12.3. The molecular formula is C67H122O6. The van der Waals surface area contributed by atoms with Crippen molar-refractivity contribution in [3.8, 4) is 0 Å². The molecule has 0 aromatic rings. The summed E-state index contributed by atoms with van der Waals surface area (Å²) >= 11 is 0. The van der Waals surface area contributed by atoms with E-state index in [1.54, 1.807) is 0 Å². The van der Waals surface area contributed by atoms with Crippen LogP contribution in [0.2, 0.25) is 0 Å². The molecule has 0 bridgehead atoms. The molecule has 73 heavy (non-hydrogen) atoms. The highest BCUT2D eigenvalue weighted by Gasteiger charge is 2.19. The van der Waals surface area contributed by atoms with Crippen LogP contribution < -0.4 is 0 Å². The Balaban J connectivity index is 3.96. The van der Waals surface area contributed by atoms with Crippen LogP contribution >= 0.6 is 0 Å². The molecule has 0 aliphatic carbocycles. The SMILES string of the molecule is CCCCCCC/C=C\C/C=C\C/C=C\CCCCCCCCCCCCCCCCCCCCC(=O)OCC(COC(=O)CCCCCCCC)OC(=O)CCCCCCC/C=C\CCCCCCCCC. The molecule has 0 aliphatic rings. The fraction of sp³-hybridized carbons (Fsp3) is 0.836. The molecule has 0 saturated carbocycles. The maximum Gasteiger partial charge on any atom is 0.306 e. The molecule has 6 nitrogen and oxygen atoms in total. The Kier molecular flexibility index (Phi) is 59.7. The lowest BCUT2D eigenvalue weighted by Gasteiger charge is -2.18. The van der Waals surface area contributed by atoms with E-state index in [1.165, 1.54) is 225 Å². The van der Waals surface area contributed by atoms with E-state index in [-0.39, 0.29) is 31.1 Å². The smallest absolute Gasteiger partial charge is 0.306 e. The lowest BCUT2D eigenvalue weighted by molar-refractivity contribution is -0.167. The van der Waals surface area contributed by atoms with E-state index in [1.807, 2.05) is 0 Å². The zero-order chi connectivity index (χ0) is 52.9. The maximum atomic E-state index is 12.8. The van der Waals surface area contributed by atoms with Crippen molar-refractivity contribution in [1.29, 1.82) is 0 Å². The Labute approximate surface area is 454 Å². The van der Waals surface area contributed by atoms with E-state index in [4.69, 9.17) is 14.2 Å². The van der Waals surface area contributed by atoms with Crippen molar-refractivity contribution in [3.63, 3.8) is 0 Å². The van der Waals surface area contributed by atoms with Crippen molar-refractivity contribution in [2.45, 2.75) is 348 Å². The summed E-state index contributed by atoms with van der Waals surface area (Å²) in [5, 5.41) is 0. The van der Waals surface area contributed by atoms with Crippen molar-refractivity contribution in [1.82, 2.24) is 0 Å². The molecule has 0 rings (SSSR count). The van der Waals surface area contributed by atoms with Gasteiger partial charge in [0.15, 0.2) is 6.10 Å². The van der Waals surface area contributed by atoms with Crippen LogP contribution in [0.25, 0.3) is 0 Å². The van der Waals surface area contributed by atoms with Gasteiger partial charge in [-0.2, -0.15) is 0 Å².